The number of fused-ring (bicyclic) bond motifs is 1. The zero-order valence-electron chi connectivity index (χ0n) is 13.5. The Bertz CT molecular complexity index is 848. The Labute approximate surface area is 148 Å². The van der Waals surface area contributed by atoms with Gasteiger partial charge < -0.3 is 10.1 Å². The number of aryl methyl sites for hydroxylation is 1. The van der Waals surface area contributed by atoms with Gasteiger partial charge in [0.2, 0.25) is 5.91 Å². The molecule has 0 radical (unpaired) electrons. The lowest BCUT2D eigenvalue weighted by molar-refractivity contribution is -0.122. The molecule has 8 heteroatoms. The monoisotopic (exact) mass is 355 g/mol. The first-order valence-electron chi connectivity index (χ1n) is 8.09. The third-order valence-electron chi connectivity index (χ3n) is 4.20. The maximum absolute atomic E-state index is 12.3. The number of ether oxygens (including phenoxy) is 1. The molecule has 1 aromatic carbocycles. The maximum atomic E-state index is 12.3. The van der Waals surface area contributed by atoms with E-state index in [1.165, 1.54) is 11.9 Å². The third kappa shape index (κ3) is 3.53. The van der Waals surface area contributed by atoms with Crippen LogP contribution in [0.15, 0.2) is 41.4 Å². The van der Waals surface area contributed by atoms with Gasteiger partial charge in [0.15, 0.2) is 0 Å². The lowest BCUT2D eigenvalue weighted by Gasteiger charge is -2.27. The molecule has 2 aromatic heterocycles. The van der Waals surface area contributed by atoms with E-state index < -0.39 is 0 Å². The highest BCUT2D eigenvalue weighted by atomic mass is 32.1. The molecule has 3 aromatic rings. The normalized spacial score (nSPS) is 16.1. The fourth-order valence-corrected chi connectivity index (χ4v) is 3.58. The predicted molar refractivity (Wildman–Crippen MR) is 93.2 cm³/mol. The zero-order chi connectivity index (χ0) is 17.1. The van der Waals surface area contributed by atoms with Crippen LogP contribution >= 0.6 is 11.3 Å². The molecule has 0 aliphatic carbocycles. The van der Waals surface area contributed by atoms with E-state index in [2.05, 4.69) is 49.8 Å². The van der Waals surface area contributed by atoms with Crippen molar-refractivity contribution in [3.63, 3.8) is 0 Å². The Kier molecular flexibility index (Phi) is 4.43. The summed E-state index contributed by atoms with van der Waals surface area (Å²) < 4.78 is 7.29. The summed E-state index contributed by atoms with van der Waals surface area (Å²) in [6.45, 7) is 1.06. The molecule has 0 saturated heterocycles. The molecular weight excluding hydrogens is 338 g/mol. The lowest BCUT2D eigenvalue weighted by Crippen LogP contribution is -2.32. The van der Waals surface area contributed by atoms with E-state index in [4.69, 9.17) is 4.74 Å². The van der Waals surface area contributed by atoms with Crippen molar-refractivity contribution in [2.45, 2.75) is 25.4 Å². The summed E-state index contributed by atoms with van der Waals surface area (Å²) in [4.78, 5) is 12.3. The van der Waals surface area contributed by atoms with E-state index in [0.29, 0.717) is 19.6 Å². The number of nitrogens with one attached hydrogen (secondary N) is 1. The second-order valence-electron chi connectivity index (χ2n) is 5.84. The number of aromatic nitrogens is 4. The number of benzene rings is 1. The second-order valence-corrected chi connectivity index (χ2v) is 6.62. The first-order valence-corrected chi connectivity index (χ1v) is 9.03. The van der Waals surface area contributed by atoms with Crippen LogP contribution in [0.4, 0.5) is 0 Å². The number of hydrogen-bond donors (Lipinski definition) is 1. The van der Waals surface area contributed by atoms with Crippen LogP contribution < -0.4 is 10.1 Å². The molecule has 0 bridgehead atoms. The van der Waals surface area contributed by atoms with Crippen molar-refractivity contribution in [3.8, 4) is 16.9 Å². The summed E-state index contributed by atoms with van der Waals surface area (Å²) >= 11 is 1.67. The topological polar surface area (TPSA) is 81.9 Å². The summed E-state index contributed by atoms with van der Waals surface area (Å²) in [5, 5.41) is 18.2. The third-order valence-corrected chi connectivity index (χ3v) is 4.88. The predicted octanol–water partition coefficient (Wildman–Crippen LogP) is 2.43. The van der Waals surface area contributed by atoms with Gasteiger partial charge in [0.1, 0.15) is 12.1 Å². The molecule has 7 nitrogen and oxygen atoms in total. The molecule has 1 aliphatic rings. The van der Waals surface area contributed by atoms with Crippen LogP contribution in [0.5, 0.6) is 5.75 Å². The average molecular weight is 355 g/mol. The highest BCUT2D eigenvalue weighted by Crippen LogP contribution is 2.36. The van der Waals surface area contributed by atoms with E-state index in [1.807, 2.05) is 6.07 Å². The number of carbonyl (C=O) groups is 1. The van der Waals surface area contributed by atoms with Gasteiger partial charge in [-0.3, -0.25) is 4.79 Å². The molecule has 1 amide bonds. The number of thiophene rings is 1. The van der Waals surface area contributed by atoms with Gasteiger partial charge in [-0.15, -0.1) is 5.10 Å². The molecule has 4 rings (SSSR count). The minimum Gasteiger partial charge on any atom is -0.493 e. The number of rotatable bonds is 5. The van der Waals surface area contributed by atoms with Crippen molar-refractivity contribution >= 4 is 17.2 Å². The highest BCUT2D eigenvalue weighted by Gasteiger charge is 2.23. The molecule has 128 valence electrons. The average Bonchev–Trinajstić information content (AvgIpc) is 3.34. The minimum absolute atomic E-state index is 0.0192. The number of tetrazole rings is 1. The Balaban J connectivity index is 1.48. The summed E-state index contributed by atoms with van der Waals surface area (Å²) in [5.74, 6) is 0.824. The van der Waals surface area contributed by atoms with Crippen LogP contribution in [-0.4, -0.2) is 32.7 Å². The van der Waals surface area contributed by atoms with Gasteiger partial charge in [0.25, 0.3) is 0 Å². The van der Waals surface area contributed by atoms with Gasteiger partial charge >= 0.3 is 0 Å². The standard InChI is InChI=1S/C17H17N5O2S/c23-17(3-6-22-11-18-20-21-22)19-15-4-7-24-16-2-1-12(9-14(15)16)13-5-8-25-10-13/h1-2,5,8-11,15H,3-4,6-7H2,(H,19,23). The van der Waals surface area contributed by atoms with Crippen molar-refractivity contribution in [2.24, 2.45) is 0 Å². The molecule has 3 heterocycles. The first-order chi connectivity index (χ1) is 12.3. The van der Waals surface area contributed by atoms with Gasteiger partial charge in [0, 0.05) is 18.4 Å². The first kappa shape index (κ1) is 15.8. The van der Waals surface area contributed by atoms with Crippen LogP contribution in [0.2, 0.25) is 0 Å². The van der Waals surface area contributed by atoms with Crippen LogP contribution in [-0.2, 0) is 11.3 Å². The van der Waals surface area contributed by atoms with Crippen LogP contribution in [0.25, 0.3) is 11.1 Å². The fourth-order valence-electron chi connectivity index (χ4n) is 2.92. The van der Waals surface area contributed by atoms with E-state index in [0.717, 1.165) is 23.3 Å². The van der Waals surface area contributed by atoms with Crippen molar-refractivity contribution in [1.29, 1.82) is 0 Å². The van der Waals surface area contributed by atoms with Crippen molar-refractivity contribution in [2.75, 3.05) is 6.61 Å². The van der Waals surface area contributed by atoms with Crippen LogP contribution in [0, 0.1) is 0 Å². The zero-order valence-corrected chi connectivity index (χ0v) is 14.3. The lowest BCUT2D eigenvalue weighted by atomic mass is 9.96. The molecular formula is C17H17N5O2S. The van der Waals surface area contributed by atoms with Gasteiger partial charge in [-0.05, 0) is 50.5 Å². The van der Waals surface area contributed by atoms with E-state index in [1.54, 1.807) is 16.0 Å². The van der Waals surface area contributed by atoms with E-state index in [9.17, 15) is 4.79 Å². The maximum Gasteiger partial charge on any atom is 0.222 e. The Morgan fingerprint density at radius 3 is 3.12 bits per heavy atom. The summed E-state index contributed by atoms with van der Waals surface area (Å²) in [6, 6.07) is 8.21. The molecule has 0 fully saturated rings. The Morgan fingerprint density at radius 1 is 1.36 bits per heavy atom. The minimum atomic E-state index is -0.0382. The molecule has 1 aliphatic heterocycles. The molecule has 1 atom stereocenters. The molecule has 0 spiro atoms. The molecule has 25 heavy (non-hydrogen) atoms. The fraction of sp³-hybridized carbons (Fsp3) is 0.294. The Morgan fingerprint density at radius 2 is 2.32 bits per heavy atom. The number of carbonyl (C=O) groups excluding carboxylic acids is 1. The second kappa shape index (κ2) is 7.02. The molecule has 1 unspecified atom stereocenters. The van der Waals surface area contributed by atoms with Crippen LogP contribution in [0.1, 0.15) is 24.4 Å². The SMILES string of the molecule is O=C(CCn1cnnn1)NC1CCOc2ccc(-c3ccsc3)cc21. The summed E-state index contributed by atoms with van der Waals surface area (Å²) in [6.07, 6.45) is 2.60. The Hall–Kier alpha value is -2.74. The summed E-state index contributed by atoms with van der Waals surface area (Å²) in [5.41, 5.74) is 3.35. The molecule has 0 saturated carbocycles. The van der Waals surface area contributed by atoms with Crippen molar-refractivity contribution in [1.82, 2.24) is 25.5 Å². The van der Waals surface area contributed by atoms with Crippen molar-refractivity contribution < 1.29 is 9.53 Å². The number of amides is 1. The van der Waals surface area contributed by atoms with E-state index >= 15 is 0 Å². The largest absolute Gasteiger partial charge is 0.493 e. The smallest absolute Gasteiger partial charge is 0.222 e. The highest BCUT2D eigenvalue weighted by molar-refractivity contribution is 7.08. The van der Waals surface area contributed by atoms with Crippen molar-refractivity contribution in [3.05, 3.63) is 46.9 Å². The van der Waals surface area contributed by atoms with Gasteiger partial charge in [-0.1, -0.05) is 6.07 Å². The molecule has 1 N–H and O–H groups in total. The van der Waals surface area contributed by atoms with Gasteiger partial charge in [0.05, 0.1) is 19.2 Å². The van der Waals surface area contributed by atoms with Gasteiger partial charge in [-0.25, -0.2) is 4.68 Å². The quantitative estimate of drug-likeness (QED) is 0.760. The number of nitrogens with zero attached hydrogens (tertiary/aromatic N) is 4. The summed E-state index contributed by atoms with van der Waals surface area (Å²) in [7, 11) is 0. The number of hydrogen-bond acceptors (Lipinski definition) is 6. The van der Waals surface area contributed by atoms with Gasteiger partial charge in [-0.2, -0.15) is 11.3 Å². The van der Waals surface area contributed by atoms with E-state index in [-0.39, 0.29) is 11.9 Å². The van der Waals surface area contributed by atoms with Crippen LogP contribution in [0.3, 0.4) is 0 Å².